The maximum atomic E-state index is 13.0. The molecule has 146 valence electrons. The fraction of sp³-hybridized carbons (Fsp3) is 0.286. The largest absolute Gasteiger partial charge is 0.493 e. The van der Waals surface area contributed by atoms with Crippen molar-refractivity contribution in [3.8, 4) is 22.6 Å². The molecule has 28 heavy (non-hydrogen) atoms. The second kappa shape index (κ2) is 6.99. The monoisotopic (exact) mass is 382 g/mol. The molecule has 3 rings (SSSR count). The Hall–Kier alpha value is -3.35. The van der Waals surface area contributed by atoms with Gasteiger partial charge in [0.2, 0.25) is 5.91 Å². The van der Waals surface area contributed by atoms with Crippen molar-refractivity contribution in [2.24, 2.45) is 5.41 Å². The van der Waals surface area contributed by atoms with Gasteiger partial charge in [-0.1, -0.05) is 39.0 Å². The Bertz CT molecular complexity index is 1080. The van der Waals surface area contributed by atoms with Crippen molar-refractivity contribution in [2.45, 2.75) is 20.8 Å². The number of aromatic nitrogens is 1. The van der Waals surface area contributed by atoms with Crippen LogP contribution in [0, 0.1) is 15.5 Å². The van der Waals surface area contributed by atoms with E-state index in [-0.39, 0.29) is 17.3 Å². The van der Waals surface area contributed by atoms with Crippen molar-refractivity contribution in [1.29, 1.82) is 0 Å². The van der Waals surface area contributed by atoms with Crippen molar-refractivity contribution in [3.05, 3.63) is 52.7 Å². The van der Waals surface area contributed by atoms with Crippen LogP contribution in [0.4, 0.5) is 5.69 Å². The van der Waals surface area contributed by atoms with Crippen LogP contribution in [-0.4, -0.2) is 29.6 Å². The first-order valence-electron chi connectivity index (χ1n) is 8.74. The molecule has 0 saturated heterocycles. The molecule has 0 aliphatic rings. The van der Waals surface area contributed by atoms with Crippen molar-refractivity contribution < 1.29 is 19.2 Å². The second-order valence-electron chi connectivity index (χ2n) is 7.47. The average molecular weight is 382 g/mol. The van der Waals surface area contributed by atoms with Gasteiger partial charge >= 0.3 is 0 Å². The van der Waals surface area contributed by atoms with Gasteiger partial charge in [-0.3, -0.25) is 19.5 Å². The first-order valence-corrected chi connectivity index (χ1v) is 8.74. The predicted octanol–water partition coefficient (Wildman–Crippen LogP) is 4.92. The Balaban J connectivity index is 2.36. The number of rotatable bonds is 4. The number of benzene rings is 2. The van der Waals surface area contributed by atoms with E-state index >= 15 is 0 Å². The number of hydrogen-bond acceptors (Lipinski definition) is 5. The number of ether oxygens (including phenoxy) is 2. The zero-order valence-electron chi connectivity index (χ0n) is 16.5. The fourth-order valence-electron chi connectivity index (χ4n) is 3.16. The summed E-state index contributed by atoms with van der Waals surface area (Å²) < 4.78 is 12.1. The van der Waals surface area contributed by atoms with E-state index in [9.17, 15) is 14.9 Å². The predicted molar refractivity (Wildman–Crippen MR) is 107 cm³/mol. The van der Waals surface area contributed by atoms with Crippen LogP contribution in [0.25, 0.3) is 22.0 Å². The third-order valence-electron chi connectivity index (χ3n) is 4.56. The molecule has 1 heterocycles. The number of nitrogens with zero attached hydrogens (tertiary/aromatic N) is 2. The first-order chi connectivity index (χ1) is 13.2. The molecule has 2 aromatic carbocycles. The Morgan fingerprint density at radius 2 is 1.64 bits per heavy atom. The number of carbonyl (C=O) groups is 1. The molecule has 0 fully saturated rings. The molecule has 0 aliphatic carbocycles. The normalized spacial score (nSPS) is 11.5. The van der Waals surface area contributed by atoms with Gasteiger partial charge in [-0.05, 0) is 12.1 Å². The molecule has 0 saturated carbocycles. The number of carbonyl (C=O) groups excluding carboxylic acids is 1. The molecule has 3 aromatic rings. The topological polar surface area (TPSA) is 83.6 Å². The van der Waals surface area contributed by atoms with Crippen LogP contribution in [0.1, 0.15) is 25.6 Å². The van der Waals surface area contributed by atoms with Crippen LogP contribution >= 0.6 is 0 Å². The number of para-hydroxylation sites is 1. The Labute approximate surface area is 162 Å². The summed E-state index contributed by atoms with van der Waals surface area (Å²) in [6.45, 7) is 5.51. The molecule has 0 aliphatic heterocycles. The van der Waals surface area contributed by atoms with Gasteiger partial charge in [-0.25, -0.2) is 0 Å². The van der Waals surface area contributed by atoms with Gasteiger partial charge in [0.1, 0.15) is 0 Å². The SMILES string of the molecule is COc1cc(-c2cn(C(=O)C(C)(C)C)c3ccccc23)c([N+](=O)[O-])cc1OC. The van der Waals surface area contributed by atoms with Gasteiger partial charge in [0, 0.05) is 22.6 Å². The summed E-state index contributed by atoms with van der Waals surface area (Å²) in [6, 6.07) is 10.3. The second-order valence-corrected chi connectivity index (χ2v) is 7.47. The van der Waals surface area contributed by atoms with Crippen LogP contribution in [0.15, 0.2) is 42.6 Å². The van der Waals surface area contributed by atoms with Crippen molar-refractivity contribution >= 4 is 22.5 Å². The highest BCUT2D eigenvalue weighted by atomic mass is 16.6. The molecule has 7 nitrogen and oxygen atoms in total. The molecule has 0 amide bonds. The minimum Gasteiger partial charge on any atom is -0.493 e. The highest BCUT2D eigenvalue weighted by Crippen LogP contribution is 2.43. The van der Waals surface area contributed by atoms with Crippen molar-refractivity contribution in [1.82, 2.24) is 4.57 Å². The molecular formula is C21H22N2O5. The summed E-state index contributed by atoms with van der Waals surface area (Å²) >= 11 is 0. The zero-order valence-corrected chi connectivity index (χ0v) is 16.5. The maximum absolute atomic E-state index is 13.0. The van der Waals surface area contributed by atoms with Crippen LogP contribution < -0.4 is 9.47 Å². The number of nitro benzene ring substituents is 1. The minimum absolute atomic E-state index is 0.0990. The van der Waals surface area contributed by atoms with E-state index in [0.717, 1.165) is 5.39 Å². The summed E-state index contributed by atoms with van der Waals surface area (Å²) in [5, 5.41) is 12.5. The highest BCUT2D eigenvalue weighted by molar-refractivity contribution is 6.04. The van der Waals surface area contributed by atoms with E-state index < -0.39 is 10.3 Å². The van der Waals surface area contributed by atoms with E-state index in [0.29, 0.717) is 22.4 Å². The van der Waals surface area contributed by atoms with Crippen LogP contribution in [0.3, 0.4) is 0 Å². The van der Waals surface area contributed by atoms with Gasteiger partial charge in [-0.15, -0.1) is 0 Å². The van der Waals surface area contributed by atoms with E-state index in [1.165, 1.54) is 20.3 Å². The number of hydrogen-bond donors (Lipinski definition) is 0. The maximum Gasteiger partial charge on any atom is 0.281 e. The summed E-state index contributed by atoms with van der Waals surface area (Å²) in [7, 11) is 2.90. The van der Waals surface area contributed by atoms with E-state index in [4.69, 9.17) is 9.47 Å². The van der Waals surface area contributed by atoms with Crippen LogP contribution in [-0.2, 0) is 0 Å². The Morgan fingerprint density at radius 1 is 1.04 bits per heavy atom. The molecule has 0 radical (unpaired) electrons. The lowest BCUT2D eigenvalue weighted by Crippen LogP contribution is -2.25. The van der Waals surface area contributed by atoms with Crippen molar-refractivity contribution in [2.75, 3.05) is 14.2 Å². The van der Waals surface area contributed by atoms with E-state index in [2.05, 4.69) is 0 Å². The Kier molecular flexibility index (Phi) is 4.85. The van der Waals surface area contributed by atoms with Gasteiger partial charge in [0.15, 0.2) is 11.5 Å². The lowest BCUT2D eigenvalue weighted by molar-refractivity contribution is -0.384. The third kappa shape index (κ3) is 3.19. The first kappa shape index (κ1) is 19.4. The summed E-state index contributed by atoms with van der Waals surface area (Å²) in [5.41, 5.74) is 0.910. The van der Waals surface area contributed by atoms with E-state index in [1.807, 2.05) is 45.0 Å². The average Bonchev–Trinajstić information content (AvgIpc) is 3.04. The molecule has 0 N–H and O–H groups in total. The molecule has 0 bridgehead atoms. The number of methoxy groups -OCH3 is 2. The third-order valence-corrected chi connectivity index (χ3v) is 4.56. The number of fused-ring (bicyclic) bond motifs is 1. The van der Waals surface area contributed by atoms with Crippen LogP contribution in [0.2, 0.25) is 0 Å². The molecule has 0 spiro atoms. The molecule has 1 aromatic heterocycles. The summed E-state index contributed by atoms with van der Waals surface area (Å²) in [5.74, 6) is 0.549. The van der Waals surface area contributed by atoms with Crippen molar-refractivity contribution in [3.63, 3.8) is 0 Å². The summed E-state index contributed by atoms with van der Waals surface area (Å²) in [4.78, 5) is 24.2. The lowest BCUT2D eigenvalue weighted by atomic mass is 9.95. The zero-order chi connectivity index (χ0) is 20.6. The van der Waals surface area contributed by atoms with Gasteiger partial charge in [-0.2, -0.15) is 0 Å². The lowest BCUT2D eigenvalue weighted by Gasteiger charge is -2.17. The standard InChI is InChI=1S/C21H22N2O5/c1-21(2,3)20(24)22-12-15(13-8-6-7-9-16(13)22)14-10-18(27-4)19(28-5)11-17(14)23(25)26/h6-12H,1-5H3. The summed E-state index contributed by atoms with van der Waals surface area (Å²) in [6.07, 6.45) is 1.66. The minimum atomic E-state index is -0.609. The molecule has 0 unspecified atom stereocenters. The molecular weight excluding hydrogens is 360 g/mol. The smallest absolute Gasteiger partial charge is 0.281 e. The van der Waals surface area contributed by atoms with Gasteiger partial charge in [0.05, 0.1) is 36.3 Å². The quantitative estimate of drug-likeness (QED) is 0.472. The van der Waals surface area contributed by atoms with Gasteiger partial charge in [0.25, 0.3) is 5.69 Å². The fourth-order valence-corrected chi connectivity index (χ4v) is 3.16. The van der Waals surface area contributed by atoms with Gasteiger partial charge < -0.3 is 9.47 Å². The van der Waals surface area contributed by atoms with E-state index in [1.54, 1.807) is 16.8 Å². The number of nitro groups is 1. The Morgan fingerprint density at radius 3 is 2.21 bits per heavy atom. The molecule has 7 heteroatoms. The molecule has 0 atom stereocenters. The highest BCUT2D eigenvalue weighted by Gasteiger charge is 2.28. The van der Waals surface area contributed by atoms with Crippen LogP contribution in [0.5, 0.6) is 11.5 Å².